The molecule has 3 aromatic rings. The van der Waals surface area contributed by atoms with E-state index in [1.54, 1.807) is 24.5 Å². The Kier molecular flexibility index (Phi) is 3.55. The number of pyridine rings is 1. The zero-order valence-electron chi connectivity index (χ0n) is 12.9. The number of hydrogen-bond donors (Lipinski definition) is 1. The van der Waals surface area contributed by atoms with Gasteiger partial charge in [0.05, 0.1) is 28.0 Å². The van der Waals surface area contributed by atoms with Gasteiger partial charge in [-0.2, -0.15) is 5.26 Å². The minimum absolute atomic E-state index is 0.166. The van der Waals surface area contributed by atoms with Gasteiger partial charge in [0, 0.05) is 12.0 Å². The molecule has 5 nitrogen and oxygen atoms in total. The van der Waals surface area contributed by atoms with Crippen molar-refractivity contribution < 1.29 is 5.11 Å². The lowest BCUT2D eigenvalue weighted by Gasteiger charge is -2.28. The van der Waals surface area contributed by atoms with Crippen LogP contribution < -0.4 is 0 Å². The summed E-state index contributed by atoms with van der Waals surface area (Å²) in [7, 11) is 0. The number of nitrogens with zero attached hydrogens (tertiary/aromatic N) is 4. The number of rotatable bonds is 2. The monoisotopic (exact) mass is 326 g/mol. The molecule has 1 aliphatic carbocycles. The molecule has 0 saturated heterocycles. The zero-order chi connectivity index (χ0) is 16.0. The molecule has 1 N–H and O–H groups in total. The van der Waals surface area contributed by atoms with Gasteiger partial charge in [-0.1, -0.05) is 0 Å². The Balaban J connectivity index is 1.90. The standard InChI is InChI=1S/C17H18N4OS/c1-10(22)17-20-14-9-19-13-6-7-23-16(13)15(14)21(17)12-4-2-11(8-18)3-5-12/h6-7,9-12,22H,2-5H2,1H3. The molecule has 4 rings (SSSR count). The minimum Gasteiger partial charge on any atom is -0.385 e. The maximum Gasteiger partial charge on any atom is 0.138 e. The van der Waals surface area contributed by atoms with Gasteiger partial charge in [-0.25, -0.2) is 4.98 Å². The lowest BCUT2D eigenvalue weighted by Crippen LogP contribution is -2.20. The number of nitriles is 1. The van der Waals surface area contributed by atoms with E-state index in [1.807, 2.05) is 11.4 Å². The molecule has 1 atom stereocenters. The van der Waals surface area contributed by atoms with E-state index in [9.17, 15) is 5.11 Å². The highest BCUT2D eigenvalue weighted by atomic mass is 32.1. The number of imidazole rings is 1. The van der Waals surface area contributed by atoms with Gasteiger partial charge in [0.25, 0.3) is 0 Å². The van der Waals surface area contributed by atoms with Gasteiger partial charge in [-0.3, -0.25) is 4.98 Å². The van der Waals surface area contributed by atoms with Crippen molar-refractivity contribution in [1.29, 1.82) is 5.26 Å². The molecule has 1 fully saturated rings. The largest absolute Gasteiger partial charge is 0.385 e. The van der Waals surface area contributed by atoms with Crippen LogP contribution in [0.25, 0.3) is 21.3 Å². The van der Waals surface area contributed by atoms with Crippen LogP contribution in [0.15, 0.2) is 17.6 Å². The van der Waals surface area contributed by atoms with E-state index in [2.05, 4.69) is 20.6 Å². The second kappa shape index (κ2) is 5.59. The highest BCUT2D eigenvalue weighted by molar-refractivity contribution is 7.18. The molecule has 3 heterocycles. The van der Waals surface area contributed by atoms with E-state index < -0.39 is 6.10 Å². The van der Waals surface area contributed by atoms with E-state index >= 15 is 0 Å². The van der Waals surface area contributed by atoms with E-state index in [0.29, 0.717) is 11.9 Å². The summed E-state index contributed by atoms with van der Waals surface area (Å²) in [6, 6.07) is 4.70. The first-order chi connectivity index (χ1) is 11.2. The van der Waals surface area contributed by atoms with E-state index in [-0.39, 0.29) is 5.92 Å². The molecule has 6 heteroatoms. The Morgan fingerprint density at radius 1 is 1.35 bits per heavy atom. The van der Waals surface area contributed by atoms with E-state index in [4.69, 9.17) is 5.26 Å². The summed E-state index contributed by atoms with van der Waals surface area (Å²) in [5.74, 6) is 0.877. The minimum atomic E-state index is -0.619. The molecule has 0 aromatic carbocycles. The van der Waals surface area contributed by atoms with Gasteiger partial charge >= 0.3 is 0 Å². The summed E-state index contributed by atoms with van der Waals surface area (Å²) in [5.41, 5.74) is 2.91. The molecular weight excluding hydrogens is 308 g/mol. The smallest absolute Gasteiger partial charge is 0.138 e. The molecule has 1 unspecified atom stereocenters. The van der Waals surface area contributed by atoms with Gasteiger partial charge < -0.3 is 9.67 Å². The number of hydrogen-bond acceptors (Lipinski definition) is 5. The van der Waals surface area contributed by atoms with Crippen LogP contribution in [-0.4, -0.2) is 19.6 Å². The van der Waals surface area contributed by atoms with Crippen molar-refractivity contribution in [2.45, 2.75) is 44.8 Å². The molecular formula is C17H18N4OS. The van der Waals surface area contributed by atoms with Crippen molar-refractivity contribution in [3.8, 4) is 6.07 Å². The van der Waals surface area contributed by atoms with Crippen LogP contribution in [0.2, 0.25) is 0 Å². The Labute approximate surface area is 138 Å². The second-order valence-electron chi connectivity index (χ2n) is 6.28. The van der Waals surface area contributed by atoms with Crippen molar-refractivity contribution in [3.63, 3.8) is 0 Å². The third-order valence-corrected chi connectivity index (χ3v) is 5.68. The first-order valence-corrected chi connectivity index (χ1v) is 8.88. The molecule has 1 saturated carbocycles. The van der Waals surface area contributed by atoms with Crippen LogP contribution in [-0.2, 0) is 0 Å². The predicted molar refractivity (Wildman–Crippen MR) is 90.2 cm³/mol. The highest BCUT2D eigenvalue weighted by Crippen LogP contribution is 2.39. The van der Waals surface area contributed by atoms with Gasteiger partial charge in [-0.05, 0) is 44.1 Å². The molecule has 118 valence electrons. The predicted octanol–water partition coefficient (Wildman–Crippen LogP) is 3.95. The zero-order valence-corrected chi connectivity index (χ0v) is 13.8. The average molecular weight is 326 g/mol. The van der Waals surface area contributed by atoms with Crippen LogP contribution in [0.5, 0.6) is 0 Å². The maximum absolute atomic E-state index is 10.2. The number of aromatic nitrogens is 3. The van der Waals surface area contributed by atoms with Crippen molar-refractivity contribution in [2.24, 2.45) is 5.92 Å². The van der Waals surface area contributed by atoms with Gasteiger partial charge in [0.2, 0.25) is 0 Å². The summed E-state index contributed by atoms with van der Waals surface area (Å²) in [5, 5.41) is 21.4. The van der Waals surface area contributed by atoms with Crippen LogP contribution >= 0.6 is 11.3 Å². The molecule has 1 aliphatic rings. The van der Waals surface area contributed by atoms with E-state index in [0.717, 1.165) is 46.9 Å². The summed E-state index contributed by atoms with van der Waals surface area (Å²) < 4.78 is 3.35. The maximum atomic E-state index is 10.2. The molecule has 3 aromatic heterocycles. The van der Waals surface area contributed by atoms with E-state index in [1.165, 1.54) is 0 Å². The number of thiophene rings is 1. The second-order valence-corrected chi connectivity index (χ2v) is 7.19. The first-order valence-electron chi connectivity index (χ1n) is 8.00. The molecule has 23 heavy (non-hydrogen) atoms. The molecule has 0 bridgehead atoms. The topological polar surface area (TPSA) is 74.7 Å². The Morgan fingerprint density at radius 2 is 2.13 bits per heavy atom. The summed E-state index contributed by atoms with van der Waals surface area (Å²) in [4.78, 5) is 9.11. The fourth-order valence-corrected chi connectivity index (χ4v) is 4.51. The fourth-order valence-electron chi connectivity index (χ4n) is 3.62. The van der Waals surface area contributed by atoms with Gasteiger partial charge in [0.1, 0.15) is 17.4 Å². The Morgan fingerprint density at radius 3 is 2.83 bits per heavy atom. The third-order valence-electron chi connectivity index (χ3n) is 4.77. The van der Waals surface area contributed by atoms with Crippen LogP contribution in [0, 0.1) is 17.2 Å². The lowest BCUT2D eigenvalue weighted by atomic mass is 9.86. The SMILES string of the molecule is CC(O)c1nc2cnc3ccsc3c2n1C1CCC(C#N)CC1. The summed E-state index contributed by atoms with van der Waals surface area (Å²) >= 11 is 1.67. The van der Waals surface area contributed by atoms with Crippen molar-refractivity contribution in [1.82, 2.24) is 14.5 Å². The third kappa shape index (κ3) is 2.32. The average Bonchev–Trinajstić information content (AvgIpc) is 3.18. The van der Waals surface area contributed by atoms with Gasteiger partial charge in [0.15, 0.2) is 0 Å². The summed E-state index contributed by atoms with van der Waals surface area (Å²) in [6.07, 6.45) is 4.92. The summed E-state index contributed by atoms with van der Waals surface area (Å²) in [6.45, 7) is 1.76. The molecule has 0 radical (unpaired) electrons. The van der Waals surface area contributed by atoms with Gasteiger partial charge in [-0.15, -0.1) is 11.3 Å². The van der Waals surface area contributed by atoms with Crippen molar-refractivity contribution in [2.75, 3.05) is 0 Å². The molecule has 0 aliphatic heterocycles. The van der Waals surface area contributed by atoms with Crippen LogP contribution in [0.4, 0.5) is 0 Å². The normalized spacial score (nSPS) is 23.2. The first kappa shape index (κ1) is 14.6. The lowest BCUT2D eigenvalue weighted by molar-refractivity contribution is 0.177. The van der Waals surface area contributed by atoms with Crippen molar-refractivity contribution in [3.05, 3.63) is 23.5 Å². The number of fused-ring (bicyclic) bond motifs is 3. The van der Waals surface area contributed by atoms with Crippen LogP contribution in [0.1, 0.15) is 50.6 Å². The highest BCUT2D eigenvalue weighted by Gasteiger charge is 2.28. The quantitative estimate of drug-likeness (QED) is 0.773. The fraction of sp³-hybridized carbons (Fsp3) is 0.471. The van der Waals surface area contributed by atoms with Crippen molar-refractivity contribution >= 4 is 32.6 Å². The molecule has 0 spiro atoms. The Bertz CT molecular complexity index is 896. The number of aliphatic hydroxyl groups excluding tert-OH is 1. The van der Waals surface area contributed by atoms with Crippen LogP contribution in [0.3, 0.4) is 0 Å². The number of aliphatic hydroxyl groups is 1. The molecule has 0 amide bonds. The Hall–Kier alpha value is -1.97.